The van der Waals surface area contributed by atoms with Crippen LogP contribution in [0.2, 0.25) is 0 Å². The summed E-state index contributed by atoms with van der Waals surface area (Å²) in [6.45, 7) is 3.50. The average Bonchev–Trinajstić information content (AvgIpc) is 3.27. The number of benzene rings is 3. The maximum atomic E-state index is 13.4. The molecular weight excluding hydrogens is 483 g/mol. The lowest BCUT2D eigenvalue weighted by Gasteiger charge is -2.26. The van der Waals surface area contributed by atoms with Gasteiger partial charge in [-0.25, -0.2) is 10.8 Å². The molecule has 3 aromatic carbocycles. The van der Waals surface area contributed by atoms with Crippen LogP contribution in [0.15, 0.2) is 84.0 Å². The van der Waals surface area contributed by atoms with E-state index in [2.05, 4.69) is 4.98 Å². The number of hydrogen-bond acceptors (Lipinski definition) is 5. The molecule has 5 nitrogen and oxygen atoms in total. The molecule has 1 aromatic heterocycles. The Balaban J connectivity index is 1.90. The van der Waals surface area contributed by atoms with E-state index in [-0.39, 0.29) is 5.82 Å². The van der Waals surface area contributed by atoms with Gasteiger partial charge in [0.2, 0.25) is 0 Å². The topological polar surface area (TPSA) is 73.1 Å². The zero-order valence-corrected chi connectivity index (χ0v) is 20.9. The number of aryl methyl sites for hydroxylation is 2. The molecule has 0 aliphatic carbocycles. The summed E-state index contributed by atoms with van der Waals surface area (Å²) in [5, 5.41) is 1.40. The summed E-state index contributed by atoms with van der Waals surface area (Å²) < 4.78 is 41.6. The van der Waals surface area contributed by atoms with Gasteiger partial charge in [0.15, 0.2) is 5.69 Å². The van der Waals surface area contributed by atoms with Crippen molar-refractivity contribution in [2.75, 3.05) is 11.3 Å². The summed E-state index contributed by atoms with van der Waals surface area (Å²) in [5.41, 5.74) is 10.1. The van der Waals surface area contributed by atoms with Gasteiger partial charge in [-0.05, 0) is 55.5 Å². The molecule has 0 aliphatic heterocycles. The minimum Gasteiger partial charge on any atom is -0.403 e. The first-order valence-electron chi connectivity index (χ1n) is 11.1. The van der Waals surface area contributed by atoms with Crippen molar-refractivity contribution in [2.24, 2.45) is 11.6 Å². The highest BCUT2D eigenvalue weighted by molar-refractivity contribution is 7.98. The summed E-state index contributed by atoms with van der Waals surface area (Å²) in [6, 6.07) is 21.1. The smallest absolute Gasteiger partial charge is 0.403 e. The Morgan fingerprint density at radius 2 is 1.69 bits per heavy atom. The second-order valence-corrected chi connectivity index (χ2v) is 9.14. The fourth-order valence-electron chi connectivity index (χ4n) is 3.93. The summed E-state index contributed by atoms with van der Waals surface area (Å²) in [7, 11) is 0. The highest BCUT2D eigenvalue weighted by atomic mass is 32.2. The van der Waals surface area contributed by atoms with Crippen molar-refractivity contribution in [1.29, 1.82) is 0 Å². The van der Waals surface area contributed by atoms with Crippen molar-refractivity contribution in [1.82, 2.24) is 9.55 Å². The van der Waals surface area contributed by atoms with Crippen LogP contribution in [0.5, 0.6) is 0 Å². The summed E-state index contributed by atoms with van der Waals surface area (Å²) in [6.07, 6.45) is -0.207. The van der Waals surface area contributed by atoms with Gasteiger partial charge in [-0.2, -0.15) is 13.2 Å². The molecule has 0 saturated carbocycles. The highest BCUT2D eigenvalue weighted by Crippen LogP contribution is 2.36. The number of rotatable bonds is 6. The van der Waals surface area contributed by atoms with E-state index in [9.17, 15) is 13.2 Å². The van der Waals surface area contributed by atoms with E-state index in [1.807, 2.05) is 73.8 Å². The number of hydrazine groups is 1. The lowest BCUT2D eigenvalue weighted by Crippen LogP contribution is -2.31. The highest BCUT2D eigenvalue weighted by Gasteiger charge is 2.34. The Morgan fingerprint density at radius 1 is 1.00 bits per heavy atom. The third-order valence-corrected chi connectivity index (χ3v) is 6.56. The van der Waals surface area contributed by atoms with E-state index in [4.69, 9.17) is 11.6 Å². The minimum absolute atomic E-state index is 0.183. The predicted octanol–water partition coefficient (Wildman–Crippen LogP) is 6.53. The lowest BCUT2D eigenvalue weighted by atomic mass is 10.0. The molecule has 4 rings (SSSR count). The Labute approximate surface area is 212 Å². The fraction of sp³-hybridized carbons (Fsp3) is 0.148. The van der Waals surface area contributed by atoms with Gasteiger partial charge < -0.3 is 10.3 Å². The van der Waals surface area contributed by atoms with Crippen molar-refractivity contribution in [3.05, 3.63) is 102 Å². The minimum atomic E-state index is -4.57. The van der Waals surface area contributed by atoms with Gasteiger partial charge in [0, 0.05) is 22.9 Å². The lowest BCUT2D eigenvalue weighted by molar-refractivity contribution is -0.141. The van der Waals surface area contributed by atoms with Crippen molar-refractivity contribution in [3.8, 4) is 16.8 Å². The van der Waals surface area contributed by atoms with E-state index in [1.54, 1.807) is 17.8 Å². The van der Waals surface area contributed by atoms with Crippen LogP contribution in [0.1, 0.15) is 22.6 Å². The number of hydrogen-bond donors (Lipinski definition) is 2. The number of halogens is 3. The van der Waals surface area contributed by atoms with E-state index in [1.165, 1.54) is 22.7 Å². The quantitative estimate of drug-likeness (QED) is 0.176. The first-order valence-corrected chi connectivity index (χ1v) is 12.3. The maximum absolute atomic E-state index is 13.4. The van der Waals surface area contributed by atoms with Crippen LogP contribution in [0.4, 0.5) is 18.9 Å². The summed E-state index contributed by atoms with van der Waals surface area (Å²) >= 11 is 1.62. The Morgan fingerprint density at radius 3 is 2.31 bits per heavy atom. The standard InChI is InChI=1S/C27H26F3N5S/c1-17-7-9-19(10-8-17)25(15-31)35(32)24-14-21(20-5-4-6-22(13-20)36-3)11-12-23(24)34-16-26(27(28,29)30)33-18(34)2/h4-16H,31-32H2,1-3H3/b25-15-. The van der Waals surface area contributed by atoms with Crippen molar-refractivity contribution in [3.63, 3.8) is 0 Å². The third kappa shape index (κ3) is 5.12. The normalized spacial score (nSPS) is 12.1. The molecule has 0 atom stereocenters. The predicted molar refractivity (Wildman–Crippen MR) is 141 cm³/mol. The number of nitrogens with zero attached hydrogens (tertiary/aromatic N) is 3. The van der Waals surface area contributed by atoms with E-state index >= 15 is 0 Å². The molecule has 0 spiro atoms. The molecule has 0 fully saturated rings. The molecule has 186 valence electrons. The fourth-order valence-corrected chi connectivity index (χ4v) is 4.38. The SMILES string of the molecule is CSc1cccc(-c2ccc(-n3cc(C(F)(F)F)nc3C)c(N(N)/C(=C\N)c3ccc(C)cc3)c2)c1. The van der Waals surface area contributed by atoms with Crippen LogP contribution < -0.4 is 16.6 Å². The molecule has 0 aliphatic rings. The maximum Gasteiger partial charge on any atom is 0.434 e. The van der Waals surface area contributed by atoms with Crippen molar-refractivity contribution < 1.29 is 13.2 Å². The van der Waals surface area contributed by atoms with Crippen LogP contribution in [0, 0.1) is 13.8 Å². The van der Waals surface area contributed by atoms with Crippen LogP contribution in [-0.2, 0) is 6.18 Å². The van der Waals surface area contributed by atoms with Crippen LogP contribution in [0.3, 0.4) is 0 Å². The van der Waals surface area contributed by atoms with Crippen LogP contribution in [-0.4, -0.2) is 15.8 Å². The molecular formula is C27H26F3N5S. The molecule has 0 amide bonds. The number of alkyl halides is 3. The van der Waals surface area contributed by atoms with E-state index in [0.29, 0.717) is 17.1 Å². The van der Waals surface area contributed by atoms with Crippen molar-refractivity contribution in [2.45, 2.75) is 24.9 Å². The van der Waals surface area contributed by atoms with Crippen LogP contribution >= 0.6 is 11.8 Å². The van der Waals surface area contributed by atoms with Crippen LogP contribution in [0.25, 0.3) is 22.5 Å². The number of thioether (sulfide) groups is 1. The molecule has 1 heterocycles. The van der Waals surface area contributed by atoms with Gasteiger partial charge in [-0.15, -0.1) is 11.8 Å². The number of anilines is 1. The van der Waals surface area contributed by atoms with Gasteiger partial charge >= 0.3 is 6.18 Å². The third-order valence-electron chi connectivity index (χ3n) is 5.84. The molecule has 0 bridgehead atoms. The second kappa shape index (κ2) is 10.1. The first kappa shape index (κ1) is 25.4. The molecule has 4 N–H and O–H groups in total. The first-order chi connectivity index (χ1) is 17.1. The Kier molecular flexibility index (Phi) is 7.14. The molecule has 4 aromatic rings. The average molecular weight is 510 g/mol. The number of aromatic nitrogens is 2. The Hall–Kier alpha value is -3.69. The molecule has 36 heavy (non-hydrogen) atoms. The Bertz CT molecular complexity index is 1410. The van der Waals surface area contributed by atoms with Gasteiger partial charge in [0.05, 0.1) is 17.1 Å². The summed E-state index contributed by atoms with van der Waals surface area (Å²) in [5.74, 6) is 6.81. The van der Waals surface area contributed by atoms with Crippen molar-refractivity contribution >= 4 is 23.1 Å². The summed E-state index contributed by atoms with van der Waals surface area (Å²) in [4.78, 5) is 4.82. The second-order valence-electron chi connectivity index (χ2n) is 8.26. The molecule has 9 heteroatoms. The zero-order valence-electron chi connectivity index (χ0n) is 20.0. The van der Waals surface area contributed by atoms with Gasteiger partial charge in [0.25, 0.3) is 0 Å². The van der Waals surface area contributed by atoms with E-state index < -0.39 is 11.9 Å². The molecule has 0 unspecified atom stereocenters. The zero-order chi connectivity index (χ0) is 26.0. The van der Waals surface area contributed by atoms with Gasteiger partial charge in [0.1, 0.15) is 5.82 Å². The van der Waals surface area contributed by atoms with Gasteiger partial charge in [-0.3, -0.25) is 5.01 Å². The molecule has 0 radical (unpaired) electrons. The largest absolute Gasteiger partial charge is 0.434 e. The number of nitrogens with two attached hydrogens (primary N) is 2. The monoisotopic (exact) mass is 509 g/mol. The number of imidazole rings is 1. The van der Waals surface area contributed by atoms with Gasteiger partial charge in [-0.1, -0.05) is 48.0 Å². The molecule has 0 saturated heterocycles. The van der Waals surface area contributed by atoms with E-state index in [0.717, 1.165) is 33.3 Å².